The van der Waals surface area contributed by atoms with Crippen LogP contribution >= 0.6 is 0 Å². The Kier molecular flexibility index (Phi) is 3.80. The highest BCUT2D eigenvalue weighted by molar-refractivity contribution is 5.94. The van der Waals surface area contributed by atoms with Crippen molar-refractivity contribution in [2.45, 2.75) is 19.9 Å². The minimum Gasteiger partial charge on any atom is -0.302 e. The summed E-state index contributed by atoms with van der Waals surface area (Å²) >= 11 is 0. The van der Waals surface area contributed by atoms with E-state index in [4.69, 9.17) is 4.98 Å². The lowest BCUT2D eigenvalue weighted by molar-refractivity contribution is 0.311. The molecule has 5 aromatic rings. The molecule has 0 atom stereocenters. The van der Waals surface area contributed by atoms with Crippen LogP contribution in [0.3, 0.4) is 0 Å². The Labute approximate surface area is 175 Å². The Bertz CT molecular complexity index is 1390. The molecule has 4 heterocycles. The van der Waals surface area contributed by atoms with Gasteiger partial charge in [-0.25, -0.2) is 4.98 Å². The quantitative estimate of drug-likeness (QED) is 0.466. The molecule has 148 valence electrons. The molecule has 1 aliphatic rings. The van der Waals surface area contributed by atoms with Gasteiger partial charge in [-0.3, -0.25) is 9.67 Å². The zero-order valence-electron chi connectivity index (χ0n) is 17.2. The number of fused-ring (bicyclic) bond motifs is 4. The van der Waals surface area contributed by atoms with Crippen LogP contribution in [0.4, 0.5) is 0 Å². The third kappa shape index (κ3) is 2.59. The van der Waals surface area contributed by atoms with Gasteiger partial charge in [-0.05, 0) is 55.4 Å². The molecular weight excluding hydrogens is 370 g/mol. The third-order valence-corrected chi connectivity index (χ3v) is 6.27. The maximum absolute atomic E-state index is 4.91. The molecule has 0 saturated carbocycles. The lowest BCUT2D eigenvalue weighted by Gasteiger charge is -2.24. The topological polar surface area (TPSA) is 49.7 Å². The van der Waals surface area contributed by atoms with E-state index in [9.17, 15) is 0 Å². The molecule has 0 saturated heterocycles. The van der Waals surface area contributed by atoms with Gasteiger partial charge in [0.15, 0.2) is 0 Å². The number of nitrogens with zero attached hydrogens (tertiary/aromatic N) is 4. The summed E-state index contributed by atoms with van der Waals surface area (Å²) in [6.45, 7) is 4.23. The zero-order chi connectivity index (χ0) is 20.2. The van der Waals surface area contributed by atoms with Gasteiger partial charge in [0.05, 0.1) is 17.2 Å². The van der Waals surface area contributed by atoms with Crippen LogP contribution in [0.1, 0.15) is 16.8 Å². The first-order valence-corrected chi connectivity index (χ1v) is 10.4. The Morgan fingerprint density at radius 3 is 2.80 bits per heavy atom. The molecule has 6 rings (SSSR count). The first-order chi connectivity index (χ1) is 14.7. The second-order valence-electron chi connectivity index (χ2n) is 8.31. The van der Waals surface area contributed by atoms with Crippen molar-refractivity contribution < 1.29 is 0 Å². The van der Waals surface area contributed by atoms with E-state index in [0.717, 1.165) is 47.4 Å². The molecular formula is C25H23N5. The summed E-state index contributed by atoms with van der Waals surface area (Å²) in [7, 11) is 2.20. The maximum atomic E-state index is 4.91. The largest absolute Gasteiger partial charge is 0.302 e. The molecule has 5 heteroatoms. The minimum atomic E-state index is 0.984. The summed E-state index contributed by atoms with van der Waals surface area (Å²) in [4.78, 5) is 7.31. The molecule has 1 aliphatic heterocycles. The van der Waals surface area contributed by atoms with E-state index in [1.165, 1.54) is 27.7 Å². The lowest BCUT2D eigenvalue weighted by Crippen LogP contribution is -2.27. The van der Waals surface area contributed by atoms with Gasteiger partial charge in [-0.15, -0.1) is 0 Å². The smallest absolute Gasteiger partial charge is 0.137 e. The second-order valence-corrected chi connectivity index (χ2v) is 8.31. The highest BCUT2D eigenvalue weighted by Crippen LogP contribution is 2.34. The first kappa shape index (κ1) is 17.4. The van der Waals surface area contributed by atoms with Crippen molar-refractivity contribution in [1.29, 1.82) is 0 Å². The number of nitrogens with one attached hydrogen (secondary N) is 1. The van der Waals surface area contributed by atoms with Gasteiger partial charge in [0.1, 0.15) is 5.82 Å². The zero-order valence-corrected chi connectivity index (χ0v) is 17.2. The molecule has 0 aliphatic carbocycles. The van der Waals surface area contributed by atoms with Gasteiger partial charge in [-0.2, -0.15) is 5.10 Å². The van der Waals surface area contributed by atoms with E-state index in [2.05, 4.69) is 76.1 Å². The molecule has 0 unspecified atom stereocenters. The van der Waals surface area contributed by atoms with Crippen LogP contribution in [0.2, 0.25) is 0 Å². The van der Waals surface area contributed by atoms with E-state index in [-0.39, 0.29) is 0 Å². The molecule has 0 spiro atoms. The van der Waals surface area contributed by atoms with Gasteiger partial charge in [0.2, 0.25) is 0 Å². The summed E-state index contributed by atoms with van der Waals surface area (Å²) in [5.74, 6) is 0.984. The van der Waals surface area contributed by atoms with Crippen molar-refractivity contribution in [3.8, 4) is 16.9 Å². The second kappa shape index (κ2) is 6.54. The molecule has 2 aromatic carbocycles. The molecule has 5 nitrogen and oxygen atoms in total. The molecule has 0 bridgehead atoms. The van der Waals surface area contributed by atoms with Crippen LogP contribution < -0.4 is 0 Å². The van der Waals surface area contributed by atoms with Crippen LogP contribution in [0, 0.1) is 6.92 Å². The molecule has 1 N–H and O–H groups in total. The van der Waals surface area contributed by atoms with Crippen molar-refractivity contribution in [2.75, 3.05) is 13.6 Å². The van der Waals surface area contributed by atoms with Crippen LogP contribution in [0.5, 0.6) is 0 Å². The van der Waals surface area contributed by atoms with E-state index in [1.807, 2.05) is 18.5 Å². The van der Waals surface area contributed by atoms with Crippen LogP contribution in [-0.2, 0) is 13.0 Å². The van der Waals surface area contributed by atoms with Gasteiger partial charge < -0.3 is 4.90 Å². The molecule has 30 heavy (non-hydrogen) atoms. The highest BCUT2D eigenvalue weighted by atomic mass is 15.1. The average molecular weight is 393 g/mol. The first-order valence-electron chi connectivity index (χ1n) is 10.4. The Balaban J connectivity index is 1.51. The van der Waals surface area contributed by atoms with Crippen molar-refractivity contribution in [3.05, 3.63) is 77.7 Å². The summed E-state index contributed by atoms with van der Waals surface area (Å²) in [5, 5.41) is 9.71. The van der Waals surface area contributed by atoms with Gasteiger partial charge in [0, 0.05) is 47.7 Å². The Hall–Kier alpha value is -3.44. The standard InChI is InChI=1S/C25H23N5/c1-16-6-8-23-19(12-16)21-15-29(2)11-10-24(21)30(23)25-9-7-17(13-26-25)18-4-3-5-22-20(18)14-27-28-22/h3-9,12-14H,10-11,15H2,1-2H3,(H,27,28). The number of H-pyrrole nitrogens is 1. The minimum absolute atomic E-state index is 0.984. The number of aryl methyl sites for hydroxylation is 1. The van der Waals surface area contributed by atoms with Gasteiger partial charge >= 0.3 is 0 Å². The maximum Gasteiger partial charge on any atom is 0.137 e. The number of benzene rings is 2. The summed E-state index contributed by atoms with van der Waals surface area (Å²) in [6.07, 6.45) is 4.91. The molecule has 0 radical (unpaired) electrons. The fraction of sp³-hybridized carbons (Fsp3) is 0.200. The van der Waals surface area contributed by atoms with E-state index >= 15 is 0 Å². The number of aromatic amines is 1. The third-order valence-electron chi connectivity index (χ3n) is 6.27. The van der Waals surface area contributed by atoms with Crippen LogP contribution in [-0.4, -0.2) is 38.2 Å². The molecule has 3 aromatic heterocycles. The van der Waals surface area contributed by atoms with Crippen molar-refractivity contribution in [3.63, 3.8) is 0 Å². The number of likely N-dealkylation sites (N-methyl/N-ethyl adjacent to an activating group) is 1. The monoisotopic (exact) mass is 393 g/mol. The SMILES string of the molecule is Cc1ccc2c(c1)c1c(n2-c2ccc(-c3cccc4[nH]ncc34)cn2)CCN(C)C1. The fourth-order valence-corrected chi connectivity index (χ4v) is 4.77. The van der Waals surface area contributed by atoms with E-state index in [1.54, 1.807) is 0 Å². The van der Waals surface area contributed by atoms with Crippen molar-refractivity contribution in [2.24, 2.45) is 0 Å². The predicted octanol–water partition coefficient (Wildman–Crippen LogP) is 4.87. The summed E-state index contributed by atoms with van der Waals surface area (Å²) < 4.78 is 2.36. The van der Waals surface area contributed by atoms with Crippen LogP contribution in [0.25, 0.3) is 38.8 Å². The lowest BCUT2D eigenvalue weighted by atomic mass is 10.0. The average Bonchev–Trinajstić information content (AvgIpc) is 3.36. The van der Waals surface area contributed by atoms with Gasteiger partial charge in [-0.1, -0.05) is 23.8 Å². The number of hydrogen-bond donors (Lipinski definition) is 1. The van der Waals surface area contributed by atoms with Crippen LogP contribution in [0.15, 0.2) is 60.9 Å². The van der Waals surface area contributed by atoms with E-state index in [0.29, 0.717) is 0 Å². The Morgan fingerprint density at radius 2 is 1.93 bits per heavy atom. The molecule has 0 amide bonds. The number of rotatable bonds is 2. The van der Waals surface area contributed by atoms with Gasteiger partial charge in [0.25, 0.3) is 0 Å². The van der Waals surface area contributed by atoms with Crippen molar-refractivity contribution >= 4 is 21.8 Å². The number of pyridine rings is 1. The van der Waals surface area contributed by atoms with E-state index < -0.39 is 0 Å². The number of aromatic nitrogens is 4. The summed E-state index contributed by atoms with van der Waals surface area (Å²) in [5.41, 5.74) is 8.68. The summed E-state index contributed by atoms with van der Waals surface area (Å²) in [6, 6.07) is 17.3. The normalized spacial score (nSPS) is 14.5. The Morgan fingerprint density at radius 1 is 1.00 bits per heavy atom. The fourth-order valence-electron chi connectivity index (χ4n) is 4.77. The highest BCUT2D eigenvalue weighted by Gasteiger charge is 2.23. The molecule has 0 fully saturated rings. The predicted molar refractivity (Wildman–Crippen MR) is 121 cm³/mol. The van der Waals surface area contributed by atoms with Crippen molar-refractivity contribution in [1.82, 2.24) is 24.6 Å². The number of hydrogen-bond acceptors (Lipinski definition) is 3.